The molecule has 2 aromatic rings. The van der Waals surface area contributed by atoms with Gasteiger partial charge in [0.25, 0.3) is 0 Å². The third-order valence-corrected chi connectivity index (χ3v) is 4.45. The number of imidazole rings is 1. The molecule has 0 radical (unpaired) electrons. The van der Waals surface area contributed by atoms with Crippen LogP contribution in [0.25, 0.3) is 11.3 Å². The Kier molecular flexibility index (Phi) is 4.24. The third kappa shape index (κ3) is 3.31. The fourth-order valence-corrected chi connectivity index (χ4v) is 3.37. The first-order valence-electron chi connectivity index (χ1n) is 8.34. The van der Waals surface area contributed by atoms with E-state index >= 15 is 0 Å². The second-order valence-corrected chi connectivity index (χ2v) is 7.09. The van der Waals surface area contributed by atoms with Gasteiger partial charge in [0, 0.05) is 31.0 Å². The van der Waals surface area contributed by atoms with Crippen LogP contribution >= 0.6 is 0 Å². The monoisotopic (exact) mass is 311 g/mol. The second kappa shape index (κ2) is 6.19. The quantitative estimate of drug-likeness (QED) is 0.936. The van der Waals surface area contributed by atoms with Crippen molar-refractivity contribution < 1.29 is 4.79 Å². The van der Waals surface area contributed by atoms with Crippen molar-refractivity contribution in [2.24, 2.45) is 5.92 Å². The summed E-state index contributed by atoms with van der Waals surface area (Å²) in [7, 11) is 0. The van der Waals surface area contributed by atoms with Gasteiger partial charge in [-0.3, -0.25) is 4.79 Å². The van der Waals surface area contributed by atoms with Crippen molar-refractivity contribution in [2.75, 3.05) is 13.1 Å². The van der Waals surface area contributed by atoms with E-state index < -0.39 is 0 Å². The first kappa shape index (κ1) is 15.8. The van der Waals surface area contributed by atoms with E-state index in [1.165, 1.54) is 16.7 Å². The molecule has 3 rings (SSSR count). The number of hydrogen-bond acceptors (Lipinski definition) is 2. The zero-order valence-corrected chi connectivity index (χ0v) is 14.4. The Bertz CT molecular complexity index is 717. The number of rotatable bonds is 4. The minimum absolute atomic E-state index is 0.181. The molecule has 1 saturated heterocycles. The lowest BCUT2D eigenvalue weighted by molar-refractivity contribution is -0.128. The maximum atomic E-state index is 12.1. The number of likely N-dealkylation sites (tertiary alicyclic amines) is 1. The number of nitrogens with zero attached hydrogens (tertiary/aromatic N) is 2. The van der Waals surface area contributed by atoms with Gasteiger partial charge in [-0.05, 0) is 25.3 Å². The predicted octanol–water partition coefficient (Wildman–Crippen LogP) is 3.67. The highest BCUT2D eigenvalue weighted by atomic mass is 16.2. The maximum absolute atomic E-state index is 12.1. The first-order valence-corrected chi connectivity index (χ1v) is 8.34. The number of H-pyrrole nitrogens is 1. The van der Waals surface area contributed by atoms with E-state index in [0.717, 1.165) is 24.6 Å². The van der Waals surface area contributed by atoms with Crippen molar-refractivity contribution in [1.29, 1.82) is 0 Å². The Labute approximate surface area is 137 Å². The fourth-order valence-electron chi connectivity index (χ4n) is 3.37. The number of carbonyl (C=O) groups excluding carboxylic acids is 1. The minimum Gasteiger partial charge on any atom is -0.342 e. The highest BCUT2D eigenvalue weighted by Crippen LogP contribution is 2.29. The van der Waals surface area contributed by atoms with E-state index in [1.807, 2.05) is 11.1 Å². The summed E-state index contributed by atoms with van der Waals surface area (Å²) in [5.74, 6) is 1.86. The zero-order chi connectivity index (χ0) is 16.6. The highest BCUT2D eigenvalue weighted by Gasteiger charge is 2.32. The molecule has 1 N–H and O–H groups in total. The Morgan fingerprint density at radius 1 is 1.35 bits per heavy atom. The predicted molar refractivity (Wildman–Crippen MR) is 92.3 cm³/mol. The van der Waals surface area contributed by atoms with Crippen molar-refractivity contribution in [2.45, 2.75) is 40.0 Å². The number of aromatic nitrogens is 2. The molecule has 122 valence electrons. The van der Waals surface area contributed by atoms with Crippen LogP contribution in [-0.4, -0.2) is 33.9 Å². The molecule has 0 unspecified atom stereocenters. The molecule has 1 aliphatic heterocycles. The second-order valence-electron chi connectivity index (χ2n) is 7.09. The van der Waals surface area contributed by atoms with Crippen LogP contribution in [0.1, 0.15) is 43.1 Å². The Morgan fingerprint density at radius 3 is 2.83 bits per heavy atom. The van der Waals surface area contributed by atoms with Crippen molar-refractivity contribution in [3.8, 4) is 11.3 Å². The third-order valence-electron chi connectivity index (χ3n) is 4.45. The van der Waals surface area contributed by atoms with E-state index in [2.05, 4.69) is 55.9 Å². The molecule has 0 aliphatic carbocycles. The van der Waals surface area contributed by atoms with Gasteiger partial charge in [-0.15, -0.1) is 0 Å². The van der Waals surface area contributed by atoms with E-state index in [4.69, 9.17) is 0 Å². The molecule has 1 amide bonds. The molecule has 2 heterocycles. The number of benzene rings is 1. The molecule has 0 saturated carbocycles. The summed E-state index contributed by atoms with van der Waals surface area (Å²) in [4.78, 5) is 22.1. The number of aryl methyl sites for hydroxylation is 2. The van der Waals surface area contributed by atoms with Crippen molar-refractivity contribution in [3.05, 3.63) is 41.3 Å². The fraction of sp³-hybridized carbons (Fsp3) is 0.474. The van der Waals surface area contributed by atoms with E-state index in [0.29, 0.717) is 12.3 Å². The molecule has 1 aromatic carbocycles. The first-order chi connectivity index (χ1) is 10.9. The van der Waals surface area contributed by atoms with Crippen molar-refractivity contribution in [3.63, 3.8) is 0 Å². The molecule has 23 heavy (non-hydrogen) atoms. The van der Waals surface area contributed by atoms with Crippen LogP contribution in [-0.2, 0) is 4.79 Å². The highest BCUT2D eigenvalue weighted by molar-refractivity contribution is 5.79. The zero-order valence-electron chi connectivity index (χ0n) is 14.4. The van der Waals surface area contributed by atoms with E-state index in [1.54, 1.807) is 0 Å². The van der Waals surface area contributed by atoms with Gasteiger partial charge in [-0.2, -0.15) is 0 Å². The summed E-state index contributed by atoms with van der Waals surface area (Å²) in [5.41, 5.74) is 4.71. The lowest BCUT2D eigenvalue weighted by Crippen LogP contribution is -2.29. The number of aromatic amines is 1. The van der Waals surface area contributed by atoms with Gasteiger partial charge in [0.1, 0.15) is 5.82 Å². The van der Waals surface area contributed by atoms with Crippen LogP contribution in [0.3, 0.4) is 0 Å². The number of hydrogen-bond donors (Lipinski definition) is 1. The lowest BCUT2D eigenvalue weighted by atomic mass is 10.0. The van der Waals surface area contributed by atoms with Crippen LogP contribution in [0.5, 0.6) is 0 Å². The summed E-state index contributed by atoms with van der Waals surface area (Å²) in [6.07, 6.45) is 2.45. The van der Waals surface area contributed by atoms with Crippen LogP contribution in [0, 0.1) is 19.8 Å². The summed E-state index contributed by atoms with van der Waals surface area (Å²) in [6, 6.07) is 6.43. The minimum atomic E-state index is 0.181. The normalized spacial score (nSPS) is 18.2. The van der Waals surface area contributed by atoms with Crippen LogP contribution < -0.4 is 0 Å². The Balaban J connectivity index is 1.79. The largest absolute Gasteiger partial charge is 0.342 e. The van der Waals surface area contributed by atoms with Gasteiger partial charge in [-0.1, -0.05) is 37.6 Å². The smallest absolute Gasteiger partial charge is 0.223 e. The molecule has 1 atom stereocenters. The van der Waals surface area contributed by atoms with Crippen LogP contribution in [0.15, 0.2) is 24.4 Å². The molecule has 4 heteroatoms. The van der Waals surface area contributed by atoms with Gasteiger partial charge >= 0.3 is 0 Å². The molecule has 0 spiro atoms. The SMILES string of the molecule is Cc1ccc(-c2cnc([C@H]3CC(=O)N(CC(C)C)C3)[nH]2)c(C)c1. The summed E-state index contributed by atoms with van der Waals surface area (Å²) < 4.78 is 0. The average Bonchev–Trinajstić information content (AvgIpc) is 3.06. The average molecular weight is 311 g/mol. The Morgan fingerprint density at radius 2 is 2.13 bits per heavy atom. The molecule has 1 aliphatic rings. The number of nitrogens with one attached hydrogen (secondary N) is 1. The van der Waals surface area contributed by atoms with E-state index in [9.17, 15) is 4.79 Å². The summed E-state index contributed by atoms with van der Waals surface area (Å²) in [5, 5.41) is 0. The molecule has 4 nitrogen and oxygen atoms in total. The molecular weight excluding hydrogens is 286 g/mol. The van der Waals surface area contributed by atoms with Crippen molar-refractivity contribution in [1.82, 2.24) is 14.9 Å². The number of carbonyl (C=O) groups is 1. The van der Waals surface area contributed by atoms with Gasteiger partial charge in [0.15, 0.2) is 0 Å². The van der Waals surface area contributed by atoms with Gasteiger partial charge in [0.2, 0.25) is 5.91 Å². The molecule has 1 fully saturated rings. The Hall–Kier alpha value is -2.10. The maximum Gasteiger partial charge on any atom is 0.223 e. The van der Waals surface area contributed by atoms with Crippen LogP contribution in [0.2, 0.25) is 0 Å². The number of amides is 1. The standard InChI is InChI=1S/C19H25N3O/c1-12(2)10-22-11-15(8-18(22)23)19-20-9-17(21-19)16-6-5-13(3)7-14(16)4/h5-7,9,12,15H,8,10-11H2,1-4H3,(H,20,21)/t15-/m0/s1. The van der Waals surface area contributed by atoms with Crippen molar-refractivity contribution >= 4 is 5.91 Å². The van der Waals surface area contributed by atoms with Crippen LogP contribution in [0.4, 0.5) is 0 Å². The van der Waals surface area contributed by atoms with Gasteiger partial charge in [0.05, 0.1) is 11.9 Å². The molecule has 0 bridgehead atoms. The lowest BCUT2D eigenvalue weighted by Gasteiger charge is -2.18. The van der Waals surface area contributed by atoms with E-state index in [-0.39, 0.29) is 11.8 Å². The van der Waals surface area contributed by atoms with Gasteiger partial charge in [-0.25, -0.2) is 4.98 Å². The summed E-state index contributed by atoms with van der Waals surface area (Å²) in [6.45, 7) is 10.1. The summed E-state index contributed by atoms with van der Waals surface area (Å²) >= 11 is 0. The topological polar surface area (TPSA) is 49.0 Å². The molecule has 1 aromatic heterocycles. The van der Waals surface area contributed by atoms with Gasteiger partial charge < -0.3 is 9.88 Å². The molecular formula is C19H25N3O.